The second-order valence-corrected chi connectivity index (χ2v) is 10.1. The van der Waals surface area contributed by atoms with Gasteiger partial charge < -0.3 is 14.2 Å². The van der Waals surface area contributed by atoms with Gasteiger partial charge in [-0.25, -0.2) is 0 Å². The van der Waals surface area contributed by atoms with Crippen LogP contribution in [0.1, 0.15) is 46.0 Å². The summed E-state index contributed by atoms with van der Waals surface area (Å²) in [6.45, 7) is 8.87. The average Bonchev–Trinajstić information content (AvgIpc) is 3.42. The van der Waals surface area contributed by atoms with Crippen LogP contribution in [0.5, 0.6) is 0 Å². The number of benzene rings is 3. The van der Waals surface area contributed by atoms with Crippen molar-refractivity contribution >= 4 is 33.6 Å². The molecule has 1 fully saturated rings. The van der Waals surface area contributed by atoms with E-state index in [4.69, 9.17) is 9.26 Å². The second kappa shape index (κ2) is 9.26. The van der Waals surface area contributed by atoms with Crippen LogP contribution in [0.3, 0.4) is 0 Å². The SMILES string of the molecule is Cc1noc(C)c1-c1ccc2c3cc(C(=O)N4C[C@@H](C)O[C@@H](C)C4)ccc3n(C(=O)c3ccccc3)c2c1. The fourth-order valence-corrected chi connectivity index (χ4v) is 5.66. The smallest absolute Gasteiger partial charge is 0.262 e. The Morgan fingerprint density at radius 3 is 2.24 bits per heavy atom. The minimum atomic E-state index is -0.128. The van der Waals surface area contributed by atoms with Crippen molar-refractivity contribution in [3.63, 3.8) is 0 Å². The Kier molecular flexibility index (Phi) is 5.88. The Balaban J connectivity index is 1.54. The summed E-state index contributed by atoms with van der Waals surface area (Å²) in [7, 11) is 0. The number of carbonyl (C=O) groups excluding carboxylic acids is 2. The highest BCUT2D eigenvalue weighted by molar-refractivity contribution is 6.18. The number of hydrogen-bond acceptors (Lipinski definition) is 5. The van der Waals surface area contributed by atoms with Crippen molar-refractivity contribution in [1.29, 1.82) is 0 Å². The number of nitrogens with zero attached hydrogens (tertiary/aromatic N) is 3. The molecule has 7 heteroatoms. The van der Waals surface area contributed by atoms with Crippen molar-refractivity contribution in [3.05, 3.63) is 89.3 Å². The fraction of sp³-hybridized carbons (Fsp3) is 0.258. The Bertz CT molecular complexity index is 1670. The third kappa shape index (κ3) is 4.00. The first-order valence-corrected chi connectivity index (χ1v) is 12.9. The first kappa shape index (κ1) is 24.1. The summed E-state index contributed by atoms with van der Waals surface area (Å²) in [6, 6.07) is 20.9. The van der Waals surface area contributed by atoms with Gasteiger partial charge in [0.25, 0.3) is 11.8 Å². The number of aryl methyl sites for hydroxylation is 2. The van der Waals surface area contributed by atoms with Crippen LogP contribution in [0.2, 0.25) is 0 Å². The number of hydrogen-bond donors (Lipinski definition) is 0. The van der Waals surface area contributed by atoms with E-state index < -0.39 is 0 Å². The number of carbonyl (C=O) groups is 2. The Labute approximate surface area is 220 Å². The largest absolute Gasteiger partial charge is 0.372 e. The van der Waals surface area contributed by atoms with Gasteiger partial charge in [0, 0.05) is 40.6 Å². The van der Waals surface area contributed by atoms with Gasteiger partial charge in [-0.3, -0.25) is 14.2 Å². The molecule has 38 heavy (non-hydrogen) atoms. The summed E-state index contributed by atoms with van der Waals surface area (Å²) in [5.41, 5.74) is 5.34. The molecule has 2 aromatic heterocycles. The number of morpholine rings is 1. The molecule has 3 aromatic carbocycles. The molecule has 0 radical (unpaired) electrons. The van der Waals surface area contributed by atoms with Crippen LogP contribution >= 0.6 is 0 Å². The van der Waals surface area contributed by atoms with Crippen LogP contribution in [0.15, 0.2) is 71.3 Å². The van der Waals surface area contributed by atoms with Crippen molar-refractivity contribution in [2.75, 3.05) is 13.1 Å². The van der Waals surface area contributed by atoms with Gasteiger partial charge in [0.1, 0.15) is 5.76 Å². The van der Waals surface area contributed by atoms with E-state index in [9.17, 15) is 9.59 Å². The molecule has 0 saturated carbocycles. The van der Waals surface area contributed by atoms with Gasteiger partial charge in [0.05, 0.1) is 28.9 Å². The zero-order valence-electron chi connectivity index (χ0n) is 21.9. The number of amides is 1. The molecule has 3 heterocycles. The maximum atomic E-state index is 13.8. The summed E-state index contributed by atoms with van der Waals surface area (Å²) >= 11 is 0. The van der Waals surface area contributed by atoms with E-state index in [1.165, 1.54) is 0 Å². The minimum absolute atomic E-state index is 0.0143. The monoisotopic (exact) mass is 507 g/mol. The van der Waals surface area contributed by atoms with E-state index in [1.807, 2.05) is 99.3 Å². The van der Waals surface area contributed by atoms with Gasteiger partial charge in [-0.05, 0) is 69.7 Å². The molecule has 0 N–H and O–H groups in total. The van der Waals surface area contributed by atoms with E-state index in [0.717, 1.165) is 44.4 Å². The average molecular weight is 508 g/mol. The van der Waals surface area contributed by atoms with Crippen molar-refractivity contribution in [3.8, 4) is 11.1 Å². The molecule has 2 atom stereocenters. The Morgan fingerprint density at radius 2 is 1.55 bits per heavy atom. The zero-order chi connectivity index (χ0) is 26.6. The molecule has 1 aliphatic heterocycles. The number of ether oxygens (including phenoxy) is 1. The molecule has 192 valence electrons. The highest BCUT2D eigenvalue weighted by Gasteiger charge is 2.27. The van der Waals surface area contributed by atoms with Crippen molar-refractivity contribution in [1.82, 2.24) is 14.6 Å². The molecule has 0 aliphatic carbocycles. The molecular weight excluding hydrogens is 478 g/mol. The fourth-order valence-electron chi connectivity index (χ4n) is 5.66. The predicted octanol–water partition coefficient (Wildman–Crippen LogP) is 6.00. The van der Waals surface area contributed by atoms with Gasteiger partial charge in [-0.15, -0.1) is 0 Å². The molecule has 7 nitrogen and oxygen atoms in total. The van der Waals surface area contributed by atoms with E-state index in [-0.39, 0.29) is 24.0 Å². The predicted molar refractivity (Wildman–Crippen MR) is 146 cm³/mol. The quantitative estimate of drug-likeness (QED) is 0.299. The lowest BCUT2D eigenvalue weighted by molar-refractivity contribution is -0.0586. The van der Waals surface area contributed by atoms with Gasteiger partial charge in [0.2, 0.25) is 0 Å². The summed E-state index contributed by atoms with van der Waals surface area (Å²) in [5.74, 6) is 0.564. The maximum absolute atomic E-state index is 13.8. The topological polar surface area (TPSA) is 77.6 Å². The molecule has 1 amide bonds. The number of aromatic nitrogens is 2. The van der Waals surface area contributed by atoms with E-state index in [2.05, 4.69) is 5.16 Å². The van der Waals surface area contributed by atoms with Crippen LogP contribution in [-0.4, -0.2) is 51.7 Å². The molecule has 0 spiro atoms. The third-order valence-corrected chi connectivity index (χ3v) is 7.27. The lowest BCUT2D eigenvalue weighted by atomic mass is 10.0. The third-order valence-electron chi connectivity index (χ3n) is 7.27. The summed E-state index contributed by atoms with van der Waals surface area (Å²) in [5, 5.41) is 5.86. The molecule has 6 rings (SSSR count). The summed E-state index contributed by atoms with van der Waals surface area (Å²) in [6.07, 6.45) is -0.0285. The standard InChI is InChI=1S/C31H29N3O4/c1-18-16-33(17-19(2)37-18)30(35)24-11-13-27-26(14-24)25-12-10-23(29-20(3)32-38-21(29)4)15-28(25)34(27)31(36)22-8-6-5-7-9-22/h5-15,18-19H,16-17H2,1-4H3/t18-,19+. The molecular formula is C31H29N3O4. The molecule has 0 bridgehead atoms. The molecule has 1 saturated heterocycles. The van der Waals surface area contributed by atoms with Gasteiger partial charge in [-0.1, -0.05) is 35.5 Å². The second-order valence-electron chi connectivity index (χ2n) is 10.1. The Morgan fingerprint density at radius 1 is 0.816 bits per heavy atom. The molecule has 0 unspecified atom stereocenters. The molecule has 5 aromatic rings. The van der Waals surface area contributed by atoms with Crippen LogP contribution < -0.4 is 0 Å². The lowest BCUT2D eigenvalue weighted by Crippen LogP contribution is -2.48. The lowest BCUT2D eigenvalue weighted by Gasteiger charge is -2.35. The van der Waals surface area contributed by atoms with E-state index >= 15 is 0 Å². The maximum Gasteiger partial charge on any atom is 0.262 e. The van der Waals surface area contributed by atoms with Crippen LogP contribution in [0.4, 0.5) is 0 Å². The van der Waals surface area contributed by atoms with Gasteiger partial charge >= 0.3 is 0 Å². The highest BCUT2D eigenvalue weighted by atomic mass is 16.5. The van der Waals surface area contributed by atoms with E-state index in [1.54, 1.807) is 4.57 Å². The van der Waals surface area contributed by atoms with Crippen LogP contribution in [0, 0.1) is 13.8 Å². The zero-order valence-corrected chi connectivity index (χ0v) is 21.9. The first-order valence-electron chi connectivity index (χ1n) is 12.9. The van der Waals surface area contributed by atoms with Gasteiger partial charge in [0.15, 0.2) is 0 Å². The van der Waals surface area contributed by atoms with Gasteiger partial charge in [-0.2, -0.15) is 0 Å². The Hall–Kier alpha value is -4.23. The van der Waals surface area contributed by atoms with Crippen molar-refractivity contribution in [2.24, 2.45) is 0 Å². The first-order chi connectivity index (χ1) is 18.3. The summed E-state index contributed by atoms with van der Waals surface area (Å²) < 4.78 is 13.0. The highest BCUT2D eigenvalue weighted by Crippen LogP contribution is 2.36. The molecule has 1 aliphatic rings. The number of fused-ring (bicyclic) bond motifs is 3. The minimum Gasteiger partial charge on any atom is -0.372 e. The van der Waals surface area contributed by atoms with E-state index in [0.29, 0.717) is 24.2 Å². The van der Waals surface area contributed by atoms with Crippen molar-refractivity contribution in [2.45, 2.75) is 39.9 Å². The van der Waals surface area contributed by atoms with Crippen LogP contribution in [0.25, 0.3) is 32.9 Å². The van der Waals surface area contributed by atoms with Crippen molar-refractivity contribution < 1.29 is 18.8 Å². The number of rotatable bonds is 3. The summed E-state index contributed by atoms with van der Waals surface area (Å²) in [4.78, 5) is 29.2. The normalized spacial score (nSPS) is 17.8. The van der Waals surface area contributed by atoms with Crippen LogP contribution in [-0.2, 0) is 4.74 Å².